The fraction of sp³-hybridized carbons (Fsp3) is 0.818. The number of nitrogens with one attached hydrogen (secondary N) is 1. The first-order valence-corrected chi connectivity index (χ1v) is 5.87. The molecule has 0 fully saturated rings. The number of anilines is 1. The molecule has 5 nitrogen and oxygen atoms in total. The van der Waals surface area contributed by atoms with E-state index in [1.807, 2.05) is 14.0 Å². The summed E-state index contributed by atoms with van der Waals surface area (Å²) in [5.74, 6) is 0.638. The summed E-state index contributed by atoms with van der Waals surface area (Å²) in [4.78, 5) is 2.12. The Labute approximate surface area is 97.2 Å². The zero-order chi connectivity index (χ0) is 12.1. The van der Waals surface area contributed by atoms with Crippen LogP contribution < -0.4 is 10.2 Å². The minimum Gasteiger partial charge on any atom is -0.406 e. The van der Waals surface area contributed by atoms with Gasteiger partial charge in [0.15, 0.2) is 0 Å². The summed E-state index contributed by atoms with van der Waals surface area (Å²) in [5, 5.41) is 11.2. The zero-order valence-electron chi connectivity index (χ0n) is 10.8. The largest absolute Gasteiger partial charge is 0.406 e. The third kappa shape index (κ3) is 2.95. The van der Waals surface area contributed by atoms with Crippen molar-refractivity contribution in [2.45, 2.75) is 46.2 Å². The Balaban J connectivity index is 2.81. The third-order valence-corrected chi connectivity index (χ3v) is 2.57. The average Bonchev–Trinajstić information content (AvgIpc) is 2.73. The van der Waals surface area contributed by atoms with Crippen molar-refractivity contribution in [2.75, 3.05) is 18.5 Å². The van der Waals surface area contributed by atoms with E-state index in [9.17, 15) is 0 Å². The van der Waals surface area contributed by atoms with E-state index < -0.39 is 0 Å². The molecule has 0 spiro atoms. The molecule has 0 saturated heterocycles. The van der Waals surface area contributed by atoms with Crippen molar-refractivity contribution in [2.24, 2.45) is 0 Å². The Hall–Kier alpha value is -1.10. The smallest absolute Gasteiger partial charge is 0.318 e. The quantitative estimate of drug-likeness (QED) is 0.803. The fourth-order valence-electron chi connectivity index (χ4n) is 1.46. The predicted molar refractivity (Wildman–Crippen MR) is 64.5 cm³/mol. The number of hydrogen-bond acceptors (Lipinski definition) is 5. The first kappa shape index (κ1) is 13.0. The third-order valence-electron chi connectivity index (χ3n) is 2.57. The molecule has 0 saturated carbocycles. The summed E-state index contributed by atoms with van der Waals surface area (Å²) < 4.78 is 5.65. The standard InChI is InChI=1S/C11H22N4O/c1-6-7-15(8(2)3)11-14-13-10(16-11)9(4)12-5/h8-9,12H,6-7H2,1-5H3. The molecule has 16 heavy (non-hydrogen) atoms. The van der Waals surface area contributed by atoms with E-state index in [4.69, 9.17) is 4.42 Å². The van der Waals surface area contributed by atoms with Crippen LogP contribution in [0.25, 0.3) is 0 Å². The Bertz CT molecular complexity index is 311. The SMILES string of the molecule is CCCN(c1nnc(C(C)NC)o1)C(C)C. The number of hydrogen-bond donors (Lipinski definition) is 1. The van der Waals surface area contributed by atoms with Gasteiger partial charge in [-0.15, -0.1) is 5.10 Å². The molecule has 1 N–H and O–H groups in total. The van der Waals surface area contributed by atoms with Crippen LogP contribution in [0.4, 0.5) is 6.01 Å². The lowest BCUT2D eigenvalue weighted by molar-refractivity contribution is 0.423. The minimum absolute atomic E-state index is 0.0943. The highest BCUT2D eigenvalue weighted by Crippen LogP contribution is 2.19. The first-order chi connectivity index (χ1) is 7.60. The van der Waals surface area contributed by atoms with Crippen LogP contribution in [0, 0.1) is 0 Å². The van der Waals surface area contributed by atoms with Gasteiger partial charge in [-0.1, -0.05) is 12.0 Å². The van der Waals surface area contributed by atoms with E-state index in [1.54, 1.807) is 0 Å². The molecule has 1 rings (SSSR count). The second-order valence-electron chi connectivity index (χ2n) is 4.22. The van der Waals surface area contributed by atoms with E-state index >= 15 is 0 Å². The van der Waals surface area contributed by atoms with Crippen LogP contribution in [-0.2, 0) is 0 Å². The number of nitrogens with zero attached hydrogens (tertiary/aromatic N) is 3. The molecule has 0 radical (unpaired) electrons. The second kappa shape index (κ2) is 5.84. The summed E-state index contributed by atoms with van der Waals surface area (Å²) in [6.45, 7) is 9.33. The van der Waals surface area contributed by atoms with Crippen LogP contribution >= 0.6 is 0 Å². The van der Waals surface area contributed by atoms with E-state index in [2.05, 4.69) is 41.2 Å². The molecule has 5 heteroatoms. The lowest BCUT2D eigenvalue weighted by Gasteiger charge is -2.23. The Morgan fingerprint density at radius 1 is 1.31 bits per heavy atom. The van der Waals surface area contributed by atoms with Gasteiger partial charge in [0.05, 0.1) is 6.04 Å². The van der Waals surface area contributed by atoms with E-state index in [0.717, 1.165) is 13.0 Å². The highest BCUT2D eigenvalue weighted by atomic mass is 16.4. The van der Waals surface area contributed by atoms with Crippen LogP contribution in [0.3, 0.4) is 0 Å². The first-order valence-electron chi connectivity index (χ1n) is 5.87. The monoisotopic (exact) mass is 226 g/mol. The van der Waals surface area contributed by atoms with Gasteiger partial charge in [-0.3, -0.25) is 0 Å². The molecule has 92 valence electrons. The van der Waals surface area contributed by atoms with Crippen molar-refractivity contribution < 1.29 is 4.42 Å². The molecule has 1 aromatic heterocycles. The predicted octanol–water partition coefficient (Wildman–Crippen LogP) is 1.97. The summed E-state index contributed by atoms with van der Waals surface area (Å²) >= 11 is 0. The lowest BCUT2D eigenvalue weighted by Crippen LogP contribution is -2.31. The van der Waals surface area contributed by atoms with Crippen molar-refractivity contribution in [1.82, 2.24) is 15.5 Å². The highest BCUT2D eigenvalue weighted by molar-refractivity contribution is 5.25. The van der Waals surface area contributed by atoms with Gasteiger partial charge in [-0.25, -0.2) is 0 Å². The van der Waals surface area contributed by atoms with Gasteiger partial charge in [0.25, 0.3) is 0 Å². The Kier molecular flexibility index (Phi) is 4.73. The molecular formula is C11H22N4O. The van der Waals surface area contributed by atoms with Gasteiger partial charge >= 0.3 is 6.01 Å². The van der Waals surface area contributed by atoms with Crippen molar-refractivity contribution in [3.63, 3.8) is 0 Å². The normalized spacial score (nSPS) is 13.1. The van der Waals surface area contributed by atoms with Gasteiger partial charge in [0, 0.05) is 12.6 Å². The van der Waals surface area contributed by atoms with Gasteiger partial charge in [0.1, 0.15) is 0 Å². The number of aromatic nitrogens is 2. The van der Waals surface area contributed by atoms with Crippen LogP contribution in [-0.4, -0.2) is 29.8 Å². The van der Waals surface area contributed by atoms with E-state index in [0.29, 0.717) is 17.9 Å². The van der Waals surface area contributed by atoms with Gasteiger partial charge < -0.3 is 14.6 Å². The molecule has 0 bridgehead atoms. The molecule has 0 aliphatic rings. The van der Waals surface area contributed by atoms with Crippen molar-refractivity contribution in [1.29, 1.82) is 0 Å². The maximum absolute atomic E-state index is 5.65. The van der Waals surface area contributed by atoms with Crippen molar-refractivity contribution in [3.05, 3.63) is 5.89 Å². The molecule has 1 aromatic rings. The second-order valence-corrected chi connectivity index (χ2v) is 4.22. The Morgan fingerprint density at radius 2 is 2.00 bits per heavy atom. The van der Waals surface area contributed by atoms with Crippen LogP contribution in [0.2, 0.25) is 0 Å². The molecule has 0 aromatic carbocycles. The summed E-state index contributed by atoms with van der Waals surface area (Å²) in [5.41, 5.74) is 0. The molecule has 0 aliphatic carbocycles. The molecule has 1 heterocycles. The van der Waals surface area contributed by atoms with E-state index in [-0.39, 0.29) is 6.04 Å². The fourth-order valence-corrected chi connectivity index (χ4v) is 1.46. The van der Waals surface area contributed by atoms with Crippen LogP contribution in [0.5, 0.6) is 0 Å². The average molecular weight is 226 g/mol. The van der Waals surface area contributed by atoms with Gasteiger partial charge in [0.2, 0.25) is 5.89 Å². The summed E-state index contributed by atoms with van der Waals surface area (Å²) in [6.07, 6.45) is 1.07. The molecule has 1 atom stereocenters. The molecular weight excluding hydrogens is 204 g/mol. The topological polar surface area (TPSA) is 54.2 Å². The Morgan fingerprint density at radius 3 is 2.50 bits per heavy atom. The highest BCUT2D eigenvalue weighted by Gasteiger charge is 2.18. The maximum atomic E-state index is 5.65. The van der Waals surface area contributed by atoms with Crippen molar-refractivity contribution in [3.8, 4) is 0 Å². The zero-order valence-corrected chi connectivity index (χ0v) is 10.8. The molecule has 0 aliphatic heterocycles. The minimum atomic E-state index is 0.0943. The summed E-state index contributed by atoms with van der Waals surface area (Å²) in [6, 6.07) is 1.09. The molecule has 1 unspecified atom stereocenters. The van der Waals surface area contributed by atoms with Crippen LogP contribution in [0.1, 0.15) is 46.0 Å². The lowest BCUT2D eigenvalue weighted by atomic mass is 10.3. The number of rotatable bonds is 6. The van der Waals surface area contributed by atoms with Crippen molar-refractivity contribution >= 4 is 6.01 Å². The summed E-state index contributed by atoms with van der Waals surface area (Å²) in [7, 11) is 1.88. The van der Waals surface area contributed by atoms with E-state index in [1.165, 1.54) is 0 Å². The van der Waals surface area contributed by atoms with Gasteiger partial charge in [-0.2, -0.15) is 0 Å². The van der Waals surface area contributed by atoms with Gasteiger partial charge in [-0.05, 0) is 34.2 Å². The van der Waals surface area contributed by atoms with Crippen LogP contribution in [0.15, 0.2) is 4.42 Å². The molecule has 0 amide bonds. The maximum Gasteiger partial charge on any atom is 0.318 e.